The van der Waals surface area contributed by atoms with Gasteiger partial charge in [-0.2, -0.15) is 0 Å². The van der Waals surface area contributed by atoms with E-state index in [1.807, 2.05) is 42.5 Å². The fourth-order valence-electron chi connectivity index (χ4n) is 1.85. The fraction of sp³-hybridized carbons (Fsp3) is 0.174. The number of hydrogen-bond acceptors (Lipinski definition) is 4. The number of carbonyl (C=O) groups is 1. The number of carboxylic acids is 1. The maximum absolute atomic E-state index is 9.77. The van der Waals surface area contributed by atoms with Crippen LogP contribution in [0, 0.1) is 6.07 Å². The Morgan fingerprint density at radius 2 is 1.60 bits per heavy atom. The minimum Gasteiger partial charge on any atom is -0.507 e. The predicted molar refractivity (Wildman–Crippen MR) is 112 cm³/mol. The zero-order valence-electron chi connectivity index (χ0n) is 16.9. The van der Waals surface area contributed by atoms with E-state index in [2.05, 4.69) is 11.1 Å². The maximum atomic E-state index is 9.77. The van der Waals surface area contributed by atoms with Gasteiger partial charge in [-0.3, -0.25) is 4.79 Å². The van der Waals surface area contributed by atoms with Crippen molar-refractivity contribution in [3.63, 3.8) is 0 Å². The second kappa shape index (κ2) is 13.4. The van der Waals surface area contributed by atoms with E-state index in [0.29, 0.717) is 5.56 Å². The Kier molecular flexibility index (Phi) is 12.1. The maximum Gasteiger partial charge on any atom is 0.335 e. The van der Waals surface area contributed by atoms with Gasteiger partial charge >= 0.3 is 11.8 Å². The standard InChI is InChI=1S/C11H8N.C8H8O2.C4H8O3.Pt/c1-2-6-10(7-3-1)11-8-4-5-9-12-11;1-6(9)7-4-2-3-5-8(7)10;1-4(2,7)3(5)6;/h1-6,8-9H;2-5,10H,1H3;7H,1-2H3,(H,5,6);/q-1;;;/p+1. The van der Waals surface area contributed by atoms with Crippen LogP contribution in [-0.2, 0) is 25.9 Å². The summed E-state index contributed by atoms with van der Waals surface area (Å²) in [6.45, 7) is 3.97. The summed E-state index contributed by atoms with van der Waals surface area (Å²) in [7, 11) is 0. The molecule has 0 spiro atoms. The van der Waals surface area contributed by atoms with E-state index in [9.17, 15) is 4.79 Å². The Morgan fingerprint density at radius 3 is 2.00 bits per heavy atom. The molecule has 0 bridgehead atoms. The van der Waals surface area contributed by atoms with Crippen molar-refractivity contribution in [3.8, 4) is 17.0 Å². The minimum absolute atomic E-state index is 0. The number of rotatable bonds is 3. The summed E-state index contributed by atoms with van der Waals surface area (Å²) in [6, 6.07) is 23.5. The molecule has 1 heterocycles. The average Bonchev–Trinajstić information content (AvgIpc) is 2.70. The van der Waals surface area contributed by atoms with E-state index in [4.69, 9.17) is 20.1 Å². The van der Waals surface area contributed by atoms with E-state index >= 15 is 0 Å². The number of carbonyl (C=O) groups excluding carboxylic acids is 1. The number of para-hydroxylation sites is 1. The van der Waals surface area contributed by atoms with Crippen LogP contribution < -0.4 is 0 Å². The van der Waals surface area contributed by atoms with Crippen molar-refractivity contribution in [1.29, 1.82) is 0 Å². The van der Waals surface area contributed by atoms with Gasteiger partial charge in [0.15, 0.2) is 5.60 Å². The van der Waals surface area contributed by atoms with Crippen LogP contribution >= 0.6 is 0 Å². The fourth-order valence-corrected chi connectivity index (χ4v) is 1.85. The number of aliphatic hydroxyl groups is 1. The molecule has 6 nitrogen and oxygen atoms in total. The van der Waals surface area contributed by atoms with Gasteiger partial charge in [-0.1, -0.05) is 24.3 Å². The number of ketones is 1. The molecule has 0 aliphatic rings. The third-order valence-corrected chi connectivity index (χ3v) is 3.47. The summed E-state index contributed by atoms with van der Waals surface area (Å²) in [6.07, 6.45) is 1.79. The first-order chi connectivity index (χ1) is 13.6. The van der Waals surface area contributed by atoms with Gasteiger partial charge < -0.3 is 20.3 Å². The van der Waals surface area contributed by atoms with Crippen LogP contribution in [0.2, 0.25) is 0 Å². The molecule has 4 N–H and O–H groups in total. The number of hydrogen-bond donors (Lipinski definition) is 3. The van der Waals surface area contributed by atoms with Gasteiger partial charge in [0.1, 0.15) is 11.3 Å². The Labute approximate surface area is 190 Å². The molecule has 0 aliphatic carbocycles. The molecule has 0 saturated heterocycles. The van der Waals surface area contributed by atoms with Crippen molar-refractivity contribution >= 4 is 11.8 Å². The zero-order valence-corrected chi connectivity index (χ0v) is 19.2. The number of aliphatic carboxylic acids is 1. The normalized spacial score (nSPS) is 9.60. The molecule has 0 amide bonds. The van der Waals surface area contributed by atoms with Crippen LogP contribution in [0.25, 0.3) is 11.3 Å². The van der Waals surface area contributed by atoms with E-state index in [1.54, 1.807) is 24.4 Å². The molecule has 1 aromatic heterocycles. The molecule has 162 valence electrons. The summed E-state index contributed by atoms with van der Waals surface area (Å²) in [5, 5.41) is 25.6. The Morgan fingerprint density at radius 1 is 1.03 bits per heavy atom. The van der Waals surface area contributed by atoms with Gasteiger partial charge in [-0.15, -0.1) is 35.9 Å². The van der Waals surface area contributed by atoms with E-state index in [1.165, 1.54) is 26.8 Å². The molecule has 0 unspecified atom stereocenters. The summed E-state index contributed by atoms with van der Waals surface area (Å²) in [5.41, 5.74) is 0.915. The number of nitrogens with zero attached hydrogens (tertiary/aromatic N) is 1. The minimum atomic E-state index is -1.58. The van der Waals surface area contributed by atoms with Crippen molar-refractivity contribution in [3.05, 3.63) is 84.6 Å². The van der Waals surface area contributed by atoms with E-state index in [-0.39, 0.29) is 32.6 Å². The van der Waals surface area contributed by atoms with Gasteiger partial charge in [-0.05, 0) is 37.7 Å². The molecule has 0 aliphatic heterocycles. The monoisotopic (exact) mass is 590 g/mol. The Hall–Kier alpha value is -2.82. The summed E-state index contributed by atoms with van der Waals surface area (Å²) in [5.74, 6) is -0.951. The number of aromatic nitrogens is 1. The molecule has 2 aromatic carbocycles. The molecule has 3 aromatic rings. The van der Waals surface area contributed by atoms with Crippen molar-refractivity contribution < 1.29 is 46.0 Å². The zero-order chi connectivity index (χ0) is 21.9. The molecule has 0 fully saturated rings. The molecule has 30 heavy (non-hydrogen) atoms. The van der Waals surface area contributed by atoms with Gasteiger partial charge in [-0.25, -0.2) is 4.79 Å². The first-order valence-electron chi connectivity index (χ1n) is 8.77. The predicted octanol–water partition coefficient (Wildman–Crippen LogP) is 3.69. The SMILES string of the molecule is CC(=[OH+])c1ccccc1O.CC(C)(O)C(=O)O.[Pt].[c-]1ccccc1-c1ccccn1. The van der Waals surface area contributed by atoms with Crippen molar-refractivity contribution in [2.24, 2.45) is 0 Å². The number of phenols is 1. The van der Waals surface area contributed by atoms with Crippen molar-refractivity contribution in [2.75, 3.05) is 0 Å². The van der Waals surface area contributed by atoms with Gasteiger partial charge in [0.25, 0.3) is 0 Å². The van der Waals surface area contributed by atoms with Gasteiger partial charge in [0, 0.05) is 27.3 Å². The number of benzene rings is 2. The van der Waals surface area contributed by atoms with Crippen molar-refractivity contribution in [2.45, 2.75) is 26.4 Å². The first kappa shape index (κ1) is 27.2. The van der Waals surface area contributed by atoms with Crippen LogP contribution in [0.5, 0.6) is 5.75 Å². The molecule has 3 rings (SSSR count). The van der Waals surface area contributed by atoms with Crippen LogP contribution in [0.15, 0.2) is 72.9 Å². The van der Waals surface area contributed by atoms with E-state index < -0.39 is 11.6 Å². The molecular formula is C23H25NO5Pt. The van der Waals surface area contributed by atoms with Crippen LogP contribution in [0.4, 0.5) is 0 Å². The first-order valence-corrected chi connectivity index (χ1v) is 8.77. The summed E-state index contributed by atoms with van der Waals surface area (Å²) in [4.78, 5) is 22.9. The molecular weight excluding hydrogens is 565 g/mol. The van der Waals surface area contributed by atoms with Crippen LogP contribution in [-0.4, -0.2) is 42.5 Å². The summed E-state index contributed by atoms with van der Waals surface area (Å²) < 4.78 is 0. The van der Waals surface area contributed by atoms with Gasteiger partial charge in [0.05, 0.1) is 6.92 Å². The third kappa shape index (κ3) is 10.1. The number of phenolic OH excluding ortho intramolecular Hbond substituents is 1. The smallest absolute Gasteiger partial charge is 0.335 e. The topological polar surface area (TPSA) is 112 Å². The molecule has 7 heteroatoms. The second-order valence-corrected chi connectivity index (χ2v) is 6.46. The quantitative estimate of drug-likeness (QED) is 0.245. The van der Waals surface area contributed by atoms with Crippen molar-refractivity contribution in [1.82, 2.24) is 4.98 Å². The van der Waals surface area contributed by atoms with Crippen LogP contribution in [0.1, 0.15) is 26.3 Å². The second-order valence-electron chi connectivity index (χ2n) is 6.46. The van der Waals surface area contributed by atoms with Gasteiger partial charge in [0.2, 0.25) is 0 Å². The largest absolute Gasteiger partial charge is 0.507 e. The van der Waals surface area contributed by atoms with Crippen LogP contribution in [0.3, 0.4) is 0 Å². The number of pyridine rings is 1. The molecule has 0 radical (unpaired) electrons. The number of aromatic hydroxyl groups is 1. The summed E-state index contributed by atoms with van der Waals surface area (Å²) >= 11 is 0. The molecule has 0 atom stereocenters. The Balaban J connectivity index is 0.000000430. The molecule has 0 saturated carbocycles. The number of carboxylic acid groups (broad SMARTS) is 1. The third-order valence-electron chi connectivity index (χ3n) is 3.47. The average molecular weight is 591 g/mol. The Bertz CT molecular complexity index is 872. The van der Waals surface area contributed by atoms with E-state index in [0.717, 1.165) is 11.3 Å².